The summed E-state index contributed by atoms with van der Waals surface area (Å²) in [7, 11) is 4.53. The van der Waals surface area contributed by atoms with Gasteiger partial charge in [-0.25, -0.2) is 0 Å². The minimum absolute atomic E-state index is 0.133. The molecule has 3 aromatic carbocycles. The lowest BCUT2D eigenvalue weighted by Crippen LogP contribution is -2.50. The maximum absolute atomic E-state index is 13.5. The van der Waals surface area contributed by atoms with E-state index < -0.39 is 0 Å². The molecule has 0 N–H and O–H groups in total. The molecule has 1 heterocycles. The Balaban J connectivity index is 1.51. The van der Waals surface area contributed by atoms with E-state index in [1.807, 2.05) is 42.5 Å². The van der Waals surface area contributed by atoms with Crippen LogP contribution >= 0.6 is 11.6 Å². The number of hydrogen-bond acceptors (Lipinski definition) is 6. The molecule has 0 unspecified atom stereocenters. The van der Waals surface area contributed by atoms with Crippen LogP contribution in [0, 0.1) is 0 Å². The molecule has 1 fully saturated rings. The van der Waals surface area contributed by atoms with Crippen molar-refractivity contribution >= 4 is 29.0 Å². The van der Waals surface area contributed by atoms with Gasteiger partial charge in [-0.1, -0.05) is 42.8 Å². The number of methoxy groups -OCH3 is 3. The normalized spacial score (nSPS) is 13.5. The number of carbonyl (C=O) groups excluding carboxylic acids is 2. The van der Waals surface area contributed by atoms with E-state index in [4.69, 9.17) is 30.5 Å². The van der Waals surface area contributed by atoms with E-state index in [0.717, 1.165) is 28.9 Å². The monoisotopic (exact) mass is 578 g/mol. The van der Waals surface area contributed by atoms with Gasteiger partial charge in [-0.3, -0.25) is 9.59 Å². The molecule has 0 aliphatic carbocycles. The lowest BCUT2D eigenvalue weighted by molar-refractivity contribution is -0.127. The first-order valence-corrected chi connectivity index (χ1v) is 13.8. The molecular weight excluding hydrogens is 544 g/mol. The van der Waals surface area contributed by atoms with E-state index >= 15 is 0 Å². The number of amides is 2. The van der Waals surface area contributed by atoms with Gasteiger partial charge in [-0.15, -0.1) is 0 Å². The quantitative estimate of drug-likeness (QED) is 0.293. The summed E-state index contributed by atoms with van der Waals surface area (Å²) in [6.45, 7) is 4.29. The number of ether oxygens (including phenoxy) is 4. The van der Waals surface area contributed by atoms with E-state index in [1.165, 1.54) is 21.3 Å². The zero-order valence-electron chi connectivity index (χ0n) is 23.8. The van der Waals surface area contributed by atoms with Crippen LogP contribution in [-0.4, -0.2) is 75.7 Å². The molecule has 0 spiro atoms. The van der Waals surface area contributed by atoms with Crippen LogP contribution in [0.1, 0.15) is 34.8 Å². The maximum atomic E-state index is 13.5. The molecule has 0 atom stereocenters. The first kappa shape index (κ1) is 29.8. The van der Waals surface area contributed by atoms with Crippen molar-refractivity contribution in [1.82, 2.24) is 9.80 Å². The second-order valence-corrected chi connectivity index (χ2v) is 9.91. The number of carbonyl (C=O) groups is 2. The molecule has 1 aliphatic heterocycles. The highest BCUT2D eigenvalue weighted by Gasteiger charge is 2.26. The maximum Gasteiger partial charge on any atom is 0.254 e. The number of nitrogens with zero attached hydrogens (tertiary/aromatic N) is 2. The molecule has 0 radical (unpaired) electrons. The predicted molar refractivity (Wildman–Crippen MR) is 159 cm³/mol. The summed E-state index contributed by atoms with van der Waals surface area (Å²) in [5.41, 5.74) is 2.90. The summed E-state index contributed by atoms with van der Waals surface area (Å²) in [6, 6.07) is 18.4. The lowest BCUT2D eigenvalue weighted by atomic mass is 9.97. The Morgan fingerprint density at radius 3 is 2.00 bits per heavy atom. The summed E-state index contributed by atoms with van der Waals surface area (Å²) in [5.74, 6) is 1.72. The minimum atomic E-state index is -0.170. The third kappa shape index (κ3) is 7.13. The number of rotatable bonds is 10. The smallest absolute Gasteiger partial charge is 0.254 e. The molecule has 0 aromatic heterocycles. The Labute approximate surface area is 246 Å². The number of halogens is 1. The number of benzene rings is 3. The molecule has 8 nitrogen and oxygen atoms in total. The summed E-state index contributed by atoms with van der Waals surface area (Å²) in [5, 5.41) is 0.586. The van der Waals surface area contributed by atoms with Crippen LogP contribution in [0.4, 0.5) is 0 Å². The van der Waals surface area contributed by atoms with Crippen molar-refractivity contribution in [3.63, 3.8) is 0 Å². The molecule has 216 valence electrons. The highest BCUT2D eigenvalue weighted by molar-refractivity contribution is 6.30. The Bertz CT molecular complexity index is 1370. The van der Waals surface area contributed by atoms with Gasteiger partial charge in [0.25, 0.3) is 5.91 Å². The lowest BCUT2D eigenvalue weighted by Gasteiger charge is -2.34. The zero-order chi connectivity index (χ0) is 29.4. The van der Waals surface area contributed by atoms with Gasteiger partial charge in [0.1, 0.15) is 5.75 Å². The predicted octanol–water partition coefficient (Wildman–Crippen LogP) is 5.57. The molecule has 2 amide bonds. The number of piperazine rings is 1. The van der Waals surface area contributed by atoms with Crippen molar-refractivity contribution in [2.24, 2.45) is 0 Å². The van der Waals surface area contributed by atoms with Gasteiger partial charge in [-0.2, -0.15) is 0 Å². The molecule has 1 aliphatic rings. The largest absolute Gasteiger partial charge is 0.494 e. The van der Waals surface area contributed by atoms with Crippen LogP contribution in [0.2, 0.25) is 5.02 Å². The van der Waals surface area contributed by atoms with Crippen LogP contribution in [-0.2, 0) is 4.79 Å². The minimum Gasteiger partial charge on any atom is -0.494 e. The van der Waals surface area contributed by atoms with Crippen molar-refractivity contribution in [2.75, 3.05) is 54.1 Å². The molecule has 0 bridgehead atoms. The molecular formula is C32H35ClN2O6. The molecule has 3 aromatic rings. The standard InChI is InChI=1S/C32H35ClN2O6/c1-5-17-41-26-11-9-22(10-12-26)27(23-7-6-8-25(33)18-23)21-30(36)34-13-15-35(16-14-34)32(37)24-19-28(38-2)31(40-4)29(20-24)39-3/h6-12,18-21H,5,13-17H2,1-4H3/b27-21-. The Hall–Kier alpha value is -4.17. The van der Waals surface area contributed by atoms with Crippen molar-refractivity contribution in [2.45, 2.75) is 13.3 Å². The fraction of sp³-hybridized carbons (Fsp3) is 0.312. The van der Waals surface area contributed by atoms with Crippen molar-refractivity contribution < 1.29 is 28.5 Å². The fourth-order valence-electron chi connectivity index (χ4n) is 4.67. The first-order chi connectivity index (χ1) is 19.9. The Morgan fingerprint density at radius 2 is 1.44 bits per heavy atom. The molecule has 1 saturated heterocycles. The molecule has 9 heteroatoms. The summed E-state index contributed by atoms with van der Waals surface area (Å²) in [4.78, 5) is 30.3. The topological polar surface area (TPSA) is 77.5 Å². The SMILES string of the molecule is CCCOc1ccc(/C(=C/C(=O)N2CCN(C(=O)c3cc(OC)c(OC)c(OC)c3)CC2)c2cccc(Cl)c2)cc1. The van der Waals surface area contributed by atoms with E-state index in [1.54, 1.807) is 34.1 Å². The van der Waals surface area contributed by atoms with Gasteiger partial charge in [0.05, 0.1) is 27.9 Å². The molecule has 0 saturated carbocycles. The van der Waals surface area contributed by atoms with Gasteiger partial charge in [0.2, 0.25) is 11.7 Å². The van der Waals surface area contributed by atoms with Gasteiger partial charge in [0, 0.05) is 42.8 Å². The van der Waals surface area contributed by atoms with Gasteiger partial charge in [-0.05, 0) is 59.5 Å². The fourth-order valence-corrected chi connectivity index (χ4v) is 4.86. The summed E-state index contributed by atoms with van der Waals surface area (Å²) >= 11 is 6.29. The van der Waals surface area contributed by atoms with Crippen LogP contribution in [0.15, 0.2) is 66.7 Å². The van der Waals surface area contributed by atoms with Crippen LogP contribution in [0.3, 0.4) is 0 Å². The van der Waals surface area contributed by atoms with Gasteiger partial charge in [0.15, 0.2) is 11.5 Å². The van der Waals surface area contributed by atoms with E-state index in [9.17, 15) is 9.59 Å². The van der Waals surface area contributed by atoms with Crippen molar-refractivity contribution in [3.05, 3.63) is 88.5 Å². The Kier molecular flexibility index (Phi) is 10.1. The van der Waals surface area contributed by atoms with Crippen molar-refractivity contribution in [3.8, 4) is 23.0 Å². The van der Waals surface area contributed by atoms with E-state index in [0.29, 0.717) is 60.6 Å². The van der Waals surface area contributed by atoms with Crippen LogP contribution in [0.5, 0.6) is 23.0 Å². The van der Waals surface area contributed by atoms with Gasteiger partial charge < -0.3 is 28.7 Å². The highest BCUT2D eigenvalue weighted by Crippen LogP contribution is 2.38. The van der Waals surface area contributed by atoms with Crippen LogP contribution < -0.4 is 18.9 Å². The van der Waals surface area contributed by atoms with Crippen LogP contribution in [0.25, 0.3) is 5.57 Å². The summed E-state index contributed by atoms with van der Waals surface area (Å²) in [6.07, 6.45) is 2.56. The average Bonchev–Trinajstić information content (AvgIpc) is 3.01. The first-order valence-electron chi connectivity index (χ1n) is 13.5. The highest BCUT2D eigenvalue weighted by atomic mass is 35.5. The zero-order valence-corrected chi connectivity index (χ0v) is 24.6. The third-order valence-corrected chi connectivity index (χ3v) is 7.07. The van der Waals surface area contributed by atoms with Crippen molar-refractivity contribution in [1.29, 1.82) is 0 Å². The molecule has 4 rings (SSSR count). The second-order valence-electron chi connectivity index (χ2n) is 9.47. The second kappa shape index (κ2) is 13.9. The van der Waals surface area contributed by atoms with E-state index in [-0.39, 0.29) is 11.8 Å². The Morgan fingerprint density at radius 1 is 0.805 bits per heavy atom. The summed E-state index contributed by atoms with van der Waals surface area (Å²) < 4.78 is 21.9. The third-order valence-electron chi connectivity index (χ3n) is 6.83. The van der Waals surface area contributed by atoms with E-state index in [2.05, 4.69) is 6.92 Å². The number of hydrogen-bond donors (Lipinski definition) is 0. The molecule has 41 heavy (non-hydrogen) atoms. The van der Waals surface area contributed by atoms with Gasteiger partial charge >= 0.3 is 0 Å². The average molecular weight is 579 g/mol.